The highest BCUT2D eigenvalue weighted by Gasteiger charge is 2.83. The van der Waals surface area contributed by atoms with Crippen LogP contribution in [0, 0.1) is 45.3 Å². The lowest BCUT2D eigenvalue weighted by Crippen LogP contribution is -2.59. The number of ether oxygens (including phenoxy) is 1. The van der Waals surface area contributed by atoms with Gasteiger partial charge in [-0.3, -0.25) is 0 Å². The van der Waals surface area contributed by atoms with Crippen molar-refractivity contribution in [1.82, 2.24) is 0 Å². The monoisotopic (exact) mass is 460 g/mol. The van der Waals surface area contributed by atoms with E-state index in [9.17, 15) is 15.3 Å². The molecule has 12 atom stereocenters. The summed E-state index contributed by atoms with van der Waals surface area (Å²) in [6.45, 7) is 13.2. The number of aliphatic hydroxyl groups is 3. The fraction of sp³-hybridized carbons (Fsp3) is 1.00. The van der Waals surface area contributed by atoms with Crippen molar-refractivity contribution in [1.29, 1.82) is 0 Å². The molecule has 5 saturated carbocycles. The van der Waals surface area contributed by atoms with Gasteiger partial charge < -0.3 is 20.1 Å². The van der Waals surface area contributed by atoms with Gasteiger partial charge >= 0.3 is 0 Å². The molecule has 1 aliphatic heterocycles. The van der Waals surface area contributed by atoms with E-state index in [0.717, 1.165) is 38.0 Å². The second-order valence-corrected chi connectivity index (χ2v) is 15.0. The first kappa shape index (κ1) is 23.3. The maximum atomic E-state index is 11.7. The molecule has 2 unspecified atom stereocenters. The Balaban J connectivity index is 1.35. The average Bonchev–Trinajstić information content (AvgIpc) is 3.07. The topological polar surface area (TPSA) is 69.9 Å². The summed E-state index contributed by atoms with van der Waals surface area (Å²) in [6.07, 6.45) is 10.4. The second-order valence-electron chi connectivity index (χ2n) is 15.0. The van der Waals surface area contributed by atoms with Crippen LogP contribution in [0.4, 0.5) is 0 Å². The van der Waals surface area contributed by atoms with Crippen LogP contribution in [0.1, 0.15) is 106 Å². The summed E-state index contributed by atoms with van der Waals surface area (Å²) >= 11 is 0. The summed E-state index contributed by atoms with van der Waals surface area (Å²) < 4.78 is 6.66. The zero-order valence-corrected chi connectivity index (χ0v) is 21.9. The molecule has 4 nitrogen and oxygen atoms in total. The lowest BCUT2D eigenvalue weighted by atomic mass is 9.42. The van der Waals surface area contributed by atoms with E-state index in [1.807, 2.05) is 13.8 Å². The van der Waals surface area contributed by atoms with Crippen molar-refractivity contribution >= 4 is 0 Å². The number of hydrogen-bond donors (Lipinski definition) is 3. The Morgan fingerprint density at radius 2 is 1.58 bits per heavy atom. The van der Waals surface area contributed by atoms with Gasteiger partial charge in [0.15, 0.2) is 0 Å². The van der Waals surface area contributed by atoms with E-state index in [-0.39, 0.29) is 35.1 Å². The highest BCUT2D eigenvalue weighted by molar-refractivity contribution is 5.31. The van der Waals surface area contributed by atoms with Crippen molar-refractivity contribution in [3.05, 3.63) is 0 Å². The van der Waals surface area contributed by atoms with Gasteiger partial charge in [-0.25, -0.2) is 0 Å². The molecule has 2 spiro atoms. The summed E-state index contributed by atoms with van der Waals surface area (Å²) in [6, 6.07) is 0. The molecular weight excluding hydrogens is 412 g/mol. The predicted octanol–water partition coefficient (Wildman–Crippen LogP) is 5.08. The number of rotatable bonds is 2. The maximum Gasteiger partial charge on any atom is 0.0865 e. The first-order valence-electron chi connectivity index (χ1n) is 14.0. The van der Waals surface area contributed by atoms with Crippen LogP contribution in [0.25, 0.3) is 0 Å². The lowest BCUT2D eigenvalue weighted by molar-refractivity contribution is -0.197. The van der Waals surface area contributed by atoms with Crippen LogP contribution in [-0.2, 0) is 4.74 Å². The Hall–Kier alpha value is -0.160. The summed E-state index contributed by atoms with van der Waals surface area (Å²) in [5.74, 6) is 1.82. The molecule has 1 saturated heterocycles. The van der Waals surface area contributed by atoms with Gasteiger partial charge in [-0.1, -0.05) is 27.2 Å². The molecular formula is C29H48O4. The minimum atomic E-state index is -0.858. The SMILES string of the molecule is C[C@H]1CC[C@]23CC24CC[C@]2(C)[C@@H]([C@@]5(C)CC[C@@H](C(C)(C)O)O5)[C@@H](O)C[C@@]2(C)C4C[C@H](O)[C@H]3C1. The summed E-state index contributed by atoms with van der Waals surface area (Å²) in [5, 5.41) is 33.8. The normalized spacial score (nSPS) is 62.3. The largest absolute Gasteiger partial charge is 0.393 e. The maximum absolute atomic E-state index is 11.7. The van der Waals surface area contributed by atoms with E-state index in [0.29, 0.717) is 22.7 Å². The Bertz CT molecular complexity index is 836. The Labute approximate surface area is 200 Å². The van der Waals surface area contributed by atoms with E-state index >= 15 is 0 Å². The Morgan fingerprint density at radius 3 is 2.24 bits per heavy atom. The molecule has 6 fully saturated rings. The molecule has 33 heavy (non-hydrogen) atoms. The zero-order valence-electron chi connectivity index (χ0n) is 21.9. The molecule has 0 bridgehead atoms. The van der Waals surface area contributed by atoms with E-state index in [4.69, 9.17) is 4.74 Å². The third-order valence-corrected chi connectivity index (χ3v) is 13.2. The third-order valence-electron chi connectivity index (χ3n) is 13.2. The first-order valence-corrected chi connectivity index (χ1v) is 14.0. The molecule has 0 radical (unpaired) electrons. The molecule has 4 heteroatoms. The fourth-order valence-corrected chi connectivity index (χ4v) is 11.5. The molecule has 0 aromatic rings. The van der Waals surface area contributed by atoms with Gasteiger partial charge in [-0.05, 0) is 118 Å². The summed E-state index contributed by atoms with van der Waals surface area (Å²) in [7, 11) is 0. The van der Waals surface area contributed by atoms with Gasteiger partial charge in [0.25, 0.3) is 0 Å². The number of aliphatic hydroxyl groups excluding tert-OH is 2. The average molecular weight is 461 g/mol. The van der Waals surface area contributed by atoms with Gasteiger partial charge in [-0.15, -0.1) is 0 Å². The van der Waals surface area contributed by atoms with Crippen molar-refractivity contribution in [2.24, 2.45) is 45.3 Å². The van der Waals surface area contributed by atoms with Gasteiger partial charge in [-0.2, -0.15) is 0 Å². The van der Waals surface area contributed by atoms with Crippen LogP contribution in [0.3, 0.4) is 0 Å². The molecule has 5 aliphatic carbocycles. The molecule has 1 heterocycles. The van der Waals surface area contributed by atoms with Gasteiger partial charge in [0, 0.05) is 5.92 Å². The molecule has 6 rings (SSSR count). The highest BCUT2D eigenvalue weighted by atomic mass is 16.5. The molecule has 0 aromatic heterocycles. The van der Waals surface area contributed by atoms with E-state index in [1.165, 1.54) is 32.1 Å². The van der Waals surface area contributed by atoms with Gasteiger partial charge in [0.2, 0.25) is 0 Å². The van der Waals surface area contributed by atoms with Crippen molar-refractivity contribution in [2.45, 2.75) is 135 Å². The summed E-state index contributed by atoms with van der Waals surface area (Å²) in [4.78, 5) is 0. The fourth-order valence-electron chi connectivity index (χ4n) is 11.5. The first-order chi connectivity index (χ1) is 15.2. The van der Waals surface area contributed by atoms with E-state index in [2.05, 4.69) is 27.7 Å². The molecule has 3 N–H and O–H groups in total. The van der Waals surface area contributed by atoms with Crippen LogP contribution >= 0.6 is 0 Å². The van der Waals surface area contributed by atoms with Gasteiger partial charge in [0.05, 0.1) is 29.5 Å². The highest BCUT2D eigenvalue weighted by Crippen LogP contribution is 2.88. The molecule has 6 aliphatic rings. The minimum absolute atomic E-state index is 0.0101. The van der Waals surface area contributed by atoms with E-state index < -0.39 is 11.2 Å². The van der Waals surface area contributed by atoms with Crippen molar-refractivity contribution in [2.75, 3.05) is 0 Å². The summed E-state index contributed by atoms with van der Waals surface area (Å²) in [5.41, 5.74) is -0.486. The molecule has 0 amide bonds. The van der Waals surface area contributed by atoms with Crippen LogP contribution < -0.4 is 0 Å². The van der Waals surface area contributed by atoms with Crippen molar-refractivity contribution < 1.29 is 20.1 Å². The predicted molar refractivity (Wildman–Crippen MR) is 128 cm³/mol. The standard InChI is InChI=1S/C29H48O4/c1-17-7-10-28-16-29(28)12-11-25(4)23(27(6)9-8-22(33-27)24(2,3)32)20(31)15-26(25,5)21(29)14-19(30)18(28)13-17/h17-23,30-32H,7-16H2,1-6H3/t17-,18+,19-,20-,21?,22-,23-,25+,26-,27+,28+,29?/m0/s1. The lowest BCUT2D eigenvalue weighted by Gasteiger charge is -2.62. The van der Waals surface area contributed by atoms with Crippen LogP contribution in [0.5, 0.6) is 0 Å². The Morgan fingerprint density at radius 1 is 0.848 bits per heavy atom. The van der Waals surface area contributed by atoms with Crippen molar-refractivity contribution in [3.8, 4) is 0 Å². The van der Waals surface area contributed by atoms with Crippen LogP contribution in [0.2, 0.25) is 0 Å². The Kier molecular flexibility index (Phi) is 4.64. The molecule has 188 valence electrons. The zero-order chi connectivity index (χ0) is 23.8. The smallest absolute Gasteiger partial charge is 0.0865 e. The number of fused-ring (bicyclic) bond motifs is 2. The van der Waals surface area contributed by atoms with Crippen LogP contribution in [0.15, 0.2) is 0 Å². The number of hydrogen-bond acceptors (Lipinski definition) is 4. The molecule has 0 aromatic carbocycles. The van der Waals surface area contributed by atoms with Crippen molar-refractivity contribution in [3.63, 3.8) is 0 Å². The van der Waals surface area contributed by atoms with E-state index in [1.54, 1.807) is 0 Å². The van der Waals surface area contributed by atoms with Gasteiger partial charge in [0.1, 0.15) is 0 Å². The third kappa shape index (κ3) is 2.68. The van der Waals surface area contributed by atoms with Crippen LogP contribution in [-0.4, -0.2) is 44.8 Å². The quantitative estimate of drug-likeness (QED) is 0.538. The second kappa shape index (κ2) is 6.58. The minimum Gasteiger partial charge on any atom is -0.393 e.